The molecule has 1 fully saturated rings. The van der Waals surface area contributed by atoms with Crippen molar-refractivity contribution < 1.29 is 14.9 Å². The highest BCUT2D eigenvalue weighted by Gasteiger charge is 2.35. The smallest absolute Gasteiger partial charge is 0.280 e. The number of nitrogens with zero attached hydrogens (tertiary/aromatic N) is 3. The van der Waals surface area contributed by atoms with E-state index in [-0.39, 0.29) is 17.7 Å². The molecule has 4 N–H and O–H groups in total. The average Bonchev–Trinajstić information content (AvgIpc) is 3.02. The van der Waals surface area contributed by atoms with E-state index in [0.717, 1.165) is 0 Å². The molecule has 0 amide bonds. The first kappa shape index (κ1) is 14.0. The molecule has 0 aliphatic carbocycles. The number of nitrogens with one attached hydrogen (secondary N) is 2. The van der Waals surface area contributed by atoms with E-state index >= 15 is 0 Å². The maximum absolute atomic E-state index is 11.9. The molecule has 9 heteroatoms. The van der Waals surface area contributed by atoms with Gasteiger partial charge in [0.15, 0.2) is 11.2 Å². The second-order valence-electron chi connectivity index (χ2n) is 4.88. The predicted octanol–water partition coefficient (Wildman–Crippen LogP) is -0.808. The van der Waals surface area contributed by atoms with Crippen LogP contribution in [0.3, 0.4) is 0 Å². The number of anilines is 1. The minimum Gasteiger partial charge on any atom is -0.394 e. The number of rotatable bonds is 4. The lowest BCUT2D eigenvalue weighted by atomic mass is 10.2. The molecular formula is C12H17N5O4. The zero-order valence-electron chi connectivity index (χ0n) is 11.5. The van der Waals surface area contributed by atoms with Gasteiger partial charge in [-0.3, -0.25) is 14.3 Å². The highest BCUT2D eigenvalue weighted by Crippen LogP contribution is 2.30. The summed E-state index contributed by atoms with van der Waals surface area (Å²) in [4.78, 5) is 22.9. The Balaban J connectivity index is 2.01. The molecule has 0 saturated carbocycles. The van der Waals surface area contributed by atoms with Gasteiger partial charge in [-0.15, -0.1) is 0 Å². The van der Waals surface area contributed by atoms with Gasteiger partial charge in [0.1, 0.15) is 12.3 Å². The van der Waals surface area contributed by atoms with E-state index in [9.17, 15) is 9.90 Å². The number of hydrogen-bond acceptors (Lipinski definition) is 7. The van der Waals surface area contributed by atoms with Gasteiger partial charge < -0.3 is 20.3 Å². The third-order valence-corrected chi connectivity index (χ3v) is 3.47. The van der Waals surface area contributed by atoms with Crippen molar-refractivity contribution in [3.8, 4) is 0 Å². The van der Waals surface area contributed by atoms with E-state index in [0.29, 0.717) is 24.6 Å². The second kappa shape index (κ2) is 5.43. The third kappa shape index (κ3) is 2.39. The number of imidazole rings is 1. The van der Waals surface area contributed by atoms with Gasteiger partial charge >= 0.3 is 0 Å². The van der Waals surface area contributed by atoms with Crippen molar-refractivity contribution in [2.45, 2.75) is 31.8 Å². The summed E-state index contributed by atoms with van der Waals surface area (Å²) in [6.45, 7) is 2.25. The number of aromatic amines is 1. The monoisotopic (exact) mass is 295 g/mol. The number of aliphatic hydroxyl groups excluding tert-OH is 2. The van der Waals surface area contributed by atoms with Crippen LogP contribution in [0, 0.1) is 0 Å². The second-order valence-corrected chi connectivity index (χ2v) is 4.88. The Morgan fingerprint density at radius 1 is 1.62 bits per heavy atom. The quantitative estimate of drug-likeness (QED) is 0.581. The SMILES string of the molecule is CCNc1nc2c(ncn2[C@H]2C[C@H](O)[C@@H](CO)O2)c(=O)[nH]1. The molecule has 3 heterocycles. The van der Waals surface area contributed by atoms with Crippen LogP contribution in [0.2, 0.25) is 0 Å². The number of fused-ring (bicyclic) bond motifs is 1. The fraction of sp³-hybridized carbons (Fsp3) is 0.583. The Kier molecular flexibility index (Phi) is 3.62. The molecule has 2 aromatic rings. The lowest BCUT2D eigenvalue weighted by Crippen LogP contribution is -2.24. The number of ether oxygens (including phenoxy) is 1. The van der Waals surface area contributed by atoms with E-state index in [1.165, 1.54) is 6.33 Å². The summed E-state index contributed by atoms with van der Waals surface area (Å²) < 4.78 is 7.17. The molecule has 3 rings (SSSR count). The Morgan fingerprint density at radius 2 is 2.43 bits per heavy atom. The summed E-state index contributed by atoms with van der Waals surface area (Å²) in [6, 6.07) is 0. The number of aliphatic hydroxyl groups is 2. The molecule has 2 aromatic heterocycles. The van der Waals surface area contributed by atoms with Crippen molar-refractivity contribution in [1.29, 1.82) is 0 Å². The molecule has 9 nitrogen and oxygen atoms in total. The predicted molar refractivity (Wildman–Crippen MR) is 73.9 cm³/mol. The van der Waals surface area contributed by atoms with Crippen LogP contribution in [-0.2, 0) is 4.74 Å². The van der Waals surface area contributed by atoms with Crippen LogP contribution in [0.15, 0.2) is 11.1 Å². The third-order valence-electron chi connectivity index (χ3n) is 3.47. The van der Waals surface area contributed by atoms with Crippen molar-refractivity contribution in [2.75, 3.05) is 18.5 Å². The fourth-order valence-corrected chi connectivity index (χ4v) is 2.44. The number of aromatic nitrogens is 4. The van der Waals surface area contributed by atoms with Gasteiger partial charge in [-0.2, -0.15) is 4.98 Å². The Labute approximate surface area is 119 Å². The van der Waals surface area contributed by atoms with E-state index in [4.69, 9.17) is 9.84 Å². The summed E-state index contributed by atoms with van der Waals surface area (Å²) in [5, 5.41) is 21.9. The highest BCUT2D eigenvalue weighted by atomic mass is 16.5. The van der Waals surface area contributed by atoms with Crippen molar-refractivity contribution in [3.05, 3.63) is 16.7 Å². The summed E-state index contributed by atoms with van der Waals surface area (Å²) in [7, 11) is 0. The van der Waals surface area contributed by atoms with Gasteiger partial charge in [0, 0.05) is 13.0 Å². The van der Waals surface area contributed by atoms with Crippen molar-refractivity contribution >= 4 is 17.1 Å². The van der Waals surface area contributed by atoms with E-state index < -0.39 is 18.4 Å². The average molecular weight is 295 g/mol. The van der Waals surface area contributed by atoms with Crippen LogP contribution < -0.4 is 10.9 Å². The molecule has 3 atom stereocenters. The molecule has 1 aliphatic rings. The molecule has 1 aliphatic heterocycles. The molecule has 0 bridgehead atoms. The Morgan fingerprint density at radius 3 is 3.10 bits per heavy atom. The molecule has 21 heavy (non-hydrogen) atoms. The van der Waals surface area contributed by atoms with E-state index in [2.05, 4.69) is 20.3 Å². The van der Waals surface area contributed by atoms with Crippen LogP contribution in [0.1, 0.15) is 19.6 Å². The molecular weight excluding hydrogens is 278 g/mol. The van der Waals surface area contributed by atoms with Crippen LogP contribution in [-0.4, -0.2) is 55.1 Å². The van der Waals surface area contributed by atoms with Gasteiger partial charge in [0.25, 0.3) is 5.56 Å². The molecule has 1 saturated heterocycles. The first-order valence-electron chi connectivity index (χ1n) is 6.79. The highest BCUT2D eigenvalue weighted by molar-refractivity contribution is 5.70. The van der Waals surface area contributed by atoms with Crippen molar-refractivity contribution in [1.82, 2.24) is 19.5 Å². The maximum atomic E-state index is 11.9. The molecule has 0 radical (unpaired) electrons. The van der Waals surface area contributed by atoms with Crippen LogP contribution in [0.5, 0.6) is 0 Å². The van der Waals surface area contributed by atoms with Crippen LogP contribution in [0.4, 0.5) is 5.95 Å². The van der Waals surface area contributed by atoms with Crippen LogP contribution in [0.25, 0.3) is 11.2 Å². The van der Waals surface area contributed by atoms with Crippen molar-refractivity contribution in [2.24, 2.45) is 0 Å². The van der Waals surface area contributed by atoms with Gasteiger partial charge in [0.05, 0.1) is 19.0 Å². The topological polar surface area (TPSA) is 125 Å². The molecule has 0 aromatic carbocycles. The lowest BCUT2D eigenvalue weighted by molar-refractivity contribution is -0.0432. The standard InChI is InChI=1S/C12H17N5O4/c1-2-13-12-15-10-9(11(20)16-12)14-5-17(10)8-3-6(19)7(4-18)21-8/h5-8,18-19H,2-4H2,1H3,(H2,13,15,16,20)/t6-,7+,8+/m0/s1. The first-order chi connectivity index (χ1) is 10.1. The zero-order chi connectivity index (χ0) is 15.0. The molecule has 0 unspecified atom stereocenters. The van der Waals surface area contributed by atoms with Crippen molar-refractivity contribution in [3.63, 3.8) is 0 Å². The normalized spacial score (nSPS) is 25.6. The summed E-state index contributed by atoms with van der Waals surface area (Å²) in [5.74, 6) is 0.356. The Hall–Kier alpha value is -1.97. The first-order valence-corrected chi connectivity index (χ1v) is 6.79. The summed E-state index contributed by atoms with van der Waals surface area (Å²) in [6.07, 6.45) is -0.136. The minimum absolute atomic E-state index is 0.210. The largest absolute Gasteiger partial charge is 0.394 e. The van der Waals surface area contributed by atoms with E-state index in [1.54, 1.807) is 4.57 Å². The molecule has 114 valence electrons. The van der Waals surface area contributed by atoms with Crippen LogP contribution >= 0.6 is 0 Å². The summed E-state index contributed by atoms with van der Waals surface area (Å²) in [5.41, 5.74) is 0.250. The van der Waals surface area contributed by atoms with Gasteiger partial charge in [0.2, 0.25) is 5.95 Å². The van der Waals surface area contributed by atoms with E-state index in [1.807, 2.05) is 6.92 Å². The minimum atomic E-state index is -0.757. The maximum Gasteiger partial charge on any atom is 0.280 e. The van der Waals surface area contributed by atoms with Gasteiger partial charge in [-0.05, 0) is 6.92 Å². The molecule has 0 spiro atoms. The Bertz CT molecular complexity index is 697. The zero-order valence-corrected chi connectivity index (χ0v) is 11.5. The fourth-order valence-electron chi connectivity index (χ4n) is 2.44. The number of H-pyrrole nitrogens is 1. The summed E-state index contributed by atoms with van der Waals surface area (Å²) >= 11 is 0. The van der Waals surface area contributed by atoms with Gasteiger partial charge in [-0.1, -0.05) is 0 Å². The lowest BCUT2D eigenvalue weighted by Gasteiger charge is -2.13. The van der Waals surface area contributed by atoms with Gasteiger partial charge in [-0.25, -0.2) is 4.98 Å². The number of hydrogen-bond donors (Lipinski definition) is 4.